The quantitative estimate of drug-likeness (QED) is 0.0270. The first-order valence-corrected chi connectivity index (χ1v) is 24.0. The topological polar surface area (TPSA) is 135 Å². The molecule has 0 radical (unpaired) electrons. The Morgan fingerprint density at radius 3 is 1.53 bits per heavy atom. The van der Waals surface area contributed by atoms with Crippen LogP contribution in [-0.2, 0) is 23.7 Å². The Labute approximate surface area is 366 Å². The normalized spacial score (nSPS) is 20.7. The fourth-order valence-corrected chi connectivity index (χ4v) is 6.87. The van der Waals surface area contributed by atoms with E-state index in [1.54, 1.807) is 0 Å². The molecular formula is C51H88O9. The molecule has 346 valence electrons. The molecular weight excluding hydrogens is 757 g/mol. The highest BCUT2D eigenvalue weighted by atomic mass is 16.7. The van der Waals surface area contributed by atoms with E-state index < -0.39 is 43.4 Å². The number of aliphatic hydroxyl groups excluding tert-OH is 4. The molecule has 6 atom stereocenters. The second-order valence-electron chi connectivity index (χ2n) is 16.2. The Morgan fingerprint density at radius 2 is 1.02 bits per heavy atom. The predicted molar refractivity (Wildman–Crippen MR) is 247 cm³/mol. The molecule has 0 spiro atoms. The molecule has 0 amide bonds. The van der Waals surface area contributed by atoms with E-state index in [2.05, 4.69) is 86.8 Å². The van der Waals surface area contributed by atoms with Gasteiger partial charge < -0.3 is 39.4 Å². The van der Waals surface area contributed by atoms with E-state index in [-0.39, 0.29) is 19.2 Å². The molecule has 0 saturated carbocycles. The van der Waals surface area contributed by atoms with Gasteiger partial charge in [-0.1, -0.05) is 164 Å². The summed E-state index contributed by atoms with van der Waals surface area (Å²) in [4.78, 5) is 12.8. The van der Waals surface area contributed by atoms with Crippen molar-refractivity contribution in [3.8, 4) is 0 Å². The minimum atomic E-state index is -1.55. The smallest absolute Gasteiger partial charge is 0.306 e. The summed E-state index contributed by atoms with van der Waals surface area (Å²) in [5, 5.41) is 40.2. The monoisotopic (exact) mass is 845 g/mol. The summed E-state index contributed by atoms with van der Waals surface area (Å²) in [6.45, 7) is 4.36. The molecule has 9 nitrogen and oxygen atoms in total. The van der Waals surface area contributed by atoms with E-state index in [1.165, 1.54) is 64.2 Å². The van der Waals surface area contributed by atoms with Crippen molar-refractivity contribution in [2.45, 2.75) is 218 Å². The third-order valence-corrected chi connectivity index (χ3v) is 10.6. The summed E-state index contributed by atoms with van der Waals surface area (Å²) < 4.78 is 22.8. The molecule has 6 unspecified atom stereocenters. The fourth-order valence-electron chi connectivity index (χ4n) is 6.87. The van der Waals surface area contributed by atoms with Crippen LogP contribution in [-0.4, -0.2) is 89.6 Å². The second-order valence-corrected chi connectivity index (χ2v) is 16.2. The van der Waals surface area contributed by atoms with Gasteiger partial charge in [-0.3, -0.25) is 4.79 Å². The van der Waals surface area contributed by atoms with Crippen LogP contribution in [0.1, 0.15) is 181 Å². The largest absolute Gasteiger partial charge is 0.457 e. The minimum Gasteiger partial charge on any atom is -0.457 e. The first kappa shape index (κ1) is 55.6. The number of hydrogen-bond acceptors (Lipinski definition) is 9. The van der Waals surface area contributed by atoms with Crippen LogP contribution in [0.15, 0.2) is 72.9 Å². The van der Waals surface area contributed by atoms with Gasteiger partial charge in [0.25, 0.3) is 0 Å². The van der Waals surface area contributed by atoms with Crippen LogP contribution in [0.2, 0.25) is 0 Å². The van der Waals surface area contributed by atoms with Crippen molar-refractivity contribution in [1.29, 1.82) is 0 Å². The van der Waals surface area contributed by atoms with Crippen LogP contribution in [0.4, 0.5) is 0 Å². The van der Waals surface area contributed by atoms with Crippen LogP contribution < -0.4 is 0 Å². The number of ether oxygens (including phenoxy) is 4. The first-order valence-electron chi connectivity index (χ1n) is 24.0. The number of unbranched alkanes of at least 4 members (excludes halogenated alkanes) is 17. The highest BCUT2D eigenvalue weighted by molar-refractivity contribution is 5.69. The summed E-state index contributed by atoms with van der Waals surface area (Å²) in [6.07, 6.45) is 47.9. The number of carbonyl (C=O) groups is 1. The summed E-state index contributed by atoms with van der Waals surface area (Å²) in [7, 11) is 0. The van der Waals surface area contributed by atoms with Crippen LogP contribution in [0, 0.1) is 0 Å². The Morgan fingerprint density at radius 1 is 0.550 bits per heavy atom. The maximum absolute atomic E-state index is 12.8. The van der Waals surface area contributed by atoms with Crippen molar-refractivity contribution in [1.82, 2.24) is 0 Å². The van der Waals surface area contributed by atoms with E-state index in [0.717, 1.165) is 96.3 Å². The SMILES string of the molecule is CC/C=C\C/C=C\C/C=C\CCCCCCOCC(COC1OC(CO)C(O)C(O)C1O)OC(=O)CCCCCCCCCC/C=C\C/C=C\C/C=C\CCCCCCC. The molecule has 60 heavy (non-hydrogen) atoms. The van der Waals surface area contributed by atoms with Gasteiger partial charge in [0.15, 0.2) is 6.29 Å². The number of rotatable bonds is 40. The van der Waals surface area contributed by atoms with Gasteiger partial charge in [-0.15, -0.1) is 0 Å². The number of aliphatic hydroxyl groups is 4. The summed E-state index contributed by atoms with van der Waals surface area (Å²) in [5.41, 5.74) is 0. The van der Waals surface area contributed by atoms with Crippen molar-refractivity contribution in [3.63, 3.8) is 0 Å². The summed E-state index contributed by atoms with van der Waals surface area (Å²) in [6, 6.07) is 0. The molecule has 1 saturated heterocycles. The second kappa shape index (κ2) is 42.0. The van der Waals surface area contributed by atoms with Crippen LogP contribution in [0.3, 0.4) is 0 Å². The molecule has 0 bridgehead atoms. The van der Waals surface area contributed by atoms with Crippen LogP contribution >= 0.6 is 0 Å². The van der Waals surface area contributed by atoms with Gasteiger partial charge in [-0.05, 0) is 83.5 Å². The van der Waals surface area contributed by atoms with Crippen molar-refractivity contribution in [3.05, 3.63) is 72.9 Å². The summed E-state index contributed by atoms with van der Waals surface area (Å²) in [5.74, 6) is -0.332. The molecule has 1 fully saturated rings. The lowest BCUT2D eigenvalue weighted by Gasteiger charge is -2.39. The molecule has 0 aromatic carbocycles. The third kappa shape index (κ3) is 32.4. The molecule has 1 aliphatic heterocycles. The molecule has 4 N–H and O–H groups in total. The number of esters is 1. The summed E-state index contributed by atoms with van der Waals surface area (Å²) >= 11 is 0. The van der Waals surface area contributed by atoms with Crippen LogP contribution in [0.25, 0.3) is 0 Å². The minimum absolute atomic E-state index is 0.123. The highest BCUT2D eigenvalue weighted by Gasteiger charge is 2.44. The standard InChI is InChI=1S/C51H88O9/c1-3-5-7-9-11-13-15-17-19-20-21-22-23-24-25-26-27-28-30-32-34-36-38-40-47(53)59-45(44-58-51-50(56)49(55)48(54)46(42-52)60-51)43-57-41-39-37-35-33-31-29-18-16-14-12-10-8-6-4-2/h6,8,12,14-15,17-18,20-21,23-24,29,45-46,48-52,54-56H,3-5,7,9-11,13,16,19,22,25-28,30-44H2,1-2H3/b8-6-,14-12-,17-15-,21-20-,24-23-,29-18-. The van der Waals surface area contributed by atoms with E-state index in [4.69, 9.17) is 18.9 Å². The zero-order valence-electron chi connectivity index (χ0n) is 37.9. The van der Waals surface area contributed by atoms with Crippen molar-refractivity contribution >= 4 is 5.97 Å². The van der Waals surface area contributed by atoms with E-state index in [0.29, 0.717) is 13.0 Å². The average Bonchev–Trinajstić information content (AvgIpc) is 3.25. The van der Waals surface area contributed by atoms with Crippen molar-refractivity contribution in [2.24, 2.45) is 0 Å². The predicted octanol–water partition coefficient (Wildman–Crippen LogP) is 11.3. The lowest BCUT2D eigenvalue weighted by molar-refractivity contribution is -0.305. The van der Waals surface area contributed by atoms with Gasteiger partial charge in [0.2, 0.25) is 0 Å². The number of hydrogen-bond donors (Lipinski definition) is 4. The van der Waals surface area contributed by atoms with Gasteiger partial charge in [-0.25, -0.2) is 0 Å². The molecule has 1 aliphatic rings. The van der Waals surface area contributed by atoms with E-state index in [9.17, 15) is 25.2 Å². The Balaban J connectivity index is 2.24. The van der Waals surface area contributed by atoms with Gasteiger partial charge in [0.1, 0.15) is 30.5 Å². The van der Waals surface area contributed by atoms with Gasteiger partial charge in [0.05, 0.1) is 19.8 Å². The molecule has 9 heteroatoms. The Hall–Kier alpha value is -2.37. The zero-order chi connectivity index (χ0) is 43.6. The number of carbonyl (C=O) groups excluding carboxylic acids is 1. The lowest BCUT2D eigenvalue weighted by atomic mass is 9.99. The first-order chi connectivity index (χ1) is 29.4. The molecule has 0 aromatic heterocycles. The van der Waals surface area contributed by atoms with E-state index >= 15 is 0 Å². The van der Waals surface area contributed by atoms with Crippen molar-refractivity contribution < 1.29 is 44.2 Å². The zero-order valence-corrected chi connectivity index (χ0v) is 37.9. The average molecular weight is 845 g/mol. The maximum Gasteiger partial charge on any atom is 0.306 e. The third-order valence-electron chi connectivity index (χ3n) is 10.6. The Bertz CT molecular complexity index is 1140. The van der Waals surface area contributed by atoms with Gasteiger partial charge in [0, 0.05) is 13.0 Å². The fraction of sp³-hybridized carbons (Fsp3) is 0.745. The number of allylic oxidation sites excluding steroid dienone is 12. The molecule has 1 heterocycles. The van der Waals surface area contributed by atoms with Gasteiger partial charge >= 0.3 is 5.97 Å². The molecule has 1 rings (SSSR count). The van der Waals surface area contributed by atoms with E-state index in [1.807, 2.05) is 0 Å². The Kier molecular flexibility index (Phi) is 38.9. The van der Waals surface area contributed by atoms with Gasteiger partial charge in [-0.2, -0.15) is 0 Å². The maximum atomic E-state index is 12.8. The molecule has 0 aromatic rings. The van der Waals surface area contributed by atoms with Crippen molar-refractivity contribution in [2.75, 3.05) is 26.4 Å². The van der Waals surface area contributed by atoms with Crippen LogP contribution in [0.5, 0.6) is 0 Å². The lowest BCUT2D eigenvalue weighted by Crippen LogP contribution is -2.59. The highest BCUT2D eigenvalue weighted by Crippen LogP contribution is 2.22. The molecule has 0 aliphatic carbocycles.